The molecule has 0 atom stereocenters. The molecule has 9 heavy (non-hydrogen) atoms. The van der Waals surface area contributed by atoms with Crippen LogP contribution in [0.1, 0.15) is 12.8 Å². The van der Waals surface area contributed by atoms with E-state index in [1.807, 2.05) is 0 Å². The summed E-state index contributed by atoms with van der Waals surface area (Å²) in [6, 6.07) is 0. The lowest BCUT2D eigenvalue weighted by atomic mass is 10.5. The minimum absolute atomic E-state index is 0. The van der Waals surface area contributed by atoms with Gasteiger partial charge in [0, 0.05) is 0 Å². The molecular weight excluding hydrogens is 186 g/mol. The normalized spacial score (nSPS) is 13.8. The van der Waals surface area contributed by atoms with Crippen LogP contribution >= 0.6 is 37.2 Å². The molecule has 0 aromatic rings. The minimum Gasteiger partial charge on any atom is -0.481 e. The van der Waals surface area contributed by atoms with Gasteiger partial charge in [0.1, 0.15) is 0 Å². The van der Waals surface area contributed by atoms with Gasteiger partial charge in [0.25, 0.3) is 0 Å². The van der Waals surface area contributed by atoms with Crippen molar-refractivity contribution in [3.63, 3.8) is 0 Å². The predicted octanol–water partition coefficient (Wildman–Crippen LogP) is 1.75. The average molecular weight is 195 g/mol. The van der Waals surface area contributed by atoms with Crippen molar-refractivity contribution in [2.75, 3.05) is 0 Å². The molecule has 1 saturated carbocycles. The lowest BCUT2D eigenvalue weighted by Gasteiger charge is -1.75. The van der Waals surface area contributed by atoms with Crippen LogP contribution in [0.2, 0.25) is 0 Å². The Bertz CT molecular complexity index is 81.9. The third kappa shape index (κ3) is 6.22. The summed E-state index contributed by atoms with van der Waals surface area (Å²) in [7, 11) is 0. The first kappa shape index (κ1) is 16.2. The molecule has 1 fully saturated rings. The summed E-state index contributed by atoms with van der Waals surface area (Å²) in [5.41, 5.74) is 0. The summed E-state index contributed by atoms with van der Waals surface area (Å²) in [6.07, 6.45) is 1.80. The topological polar surface area (TPSA) is 37.3 Å². The lowest BCUT2D eigenvalue weighted by Crippen LogP contribution is -1.94. The Hall–Kier alpha value is 0.340. The fraction of sp³-hybridized carbons (Fsp3) is 0.750. The van der Waals surface area contributed by atoms with Gasteiger partial charge < -0.3 is 5.11 Å². The maximum atomic E-state index is 9.76. The molecule has 5 heteroatoms. The van der Waals surface area contributed by atoms with E-state index in [1.165, 1.54) is 0 Å². The Morgan fingerprint density at radius 1 is 1.22 bits per heavy atom. The number of hydrogen-bond acceptors (Lipinski definition) is 1. The number of carbonyl (C=O) groups is 1. The van der Waals surface area contributed by atoms with Crippen LogP contribution in [0.4, 0.5) is 0 Å². The van der Waals surface area contributed by atoms with Crippen LogP contribution in [0.15, 0.2) is 0 Å². The third-order valence-corrected chi connectivity index (χ3v) is 0.927. The van der Waals surface area contributed by atoms with Gasteiger partial charge in [-0.05, 0) is 12.8 Å². The number of carboxylic acids is 1. The molecule has 0 bridgehead atoms. The van der Waals surface area contributed by atoms with E-state index in [4.69, 9.17) is 5.11 Å². The number of halogens is 3. The second kappa shape index (κ2) is 6.46. The Balaban J connectivity index is -0.000000120. The van der Waals surface area contributed by atoms with Gasteiger partial charge in [-0.15, -0.1) is 37.2 Å². The minimum atomic E-state index is -0.630. The molecule has 0 aromatic heterocycles. The van der Waals surface area contributed by atoms with E-state index < -0.39 is 5.97 Å². The summed E-state index contributed by atoms with van der Waals surface area (Å²) in [5.74, 6) is -0.611. The highest BCUT2D eigenvalue weighted by Gasteiger charge is 2.28. The Kier molecular flexibility index (Phi) is 11.6. The highest BCUT2D eigenvalue weighted by Crippen LogP contribution is 2.28. The van der Waals surface area contributed by atoms with Crippen molar-refractivity contribution < 1.29 is 9.90 Å². The summed E-state index contributed by atoms with van der Waals surface area (Å²) in [4.78, 5) is 9.76. The molecule has 58 valence electrons. The number of hydrogen-bond donors (Lipinski definition) is 1. The van der Waals surface area contributed by atoms with Crippen LogP contribution in [0, 0.1) is 5.92 Å². The second-order valence-corrected chi connectivity index (χ2v) is 1.61. The van der Waals surface area contributed by atoms with Gasteiger partial charge >= 0.3 is 5.97 Å². The molecule has 1 aliphatic carbocycles. The standard InChI is InChI=1S/C4H6O2.3ClH/c5-4(6)3-1-2-3;;;/h3H,1-2H2,(H,5,6);3*1H. The highest BCUT2D eigenvalue weighted by atomic mass is 35.5. The maximum Gasteiger partial charge on any atom is 0.306 e. The molecule has 0 saturated heterocycles. The number of aliphatic carboxylic acids is 1. The zero-order chi connectivity index (χ0) is 4.57. The summed E-state index contributed by atoms with van der Waals surface area (Å²) in [6.45, 7) is 0. The van der Waals surface area contributed by atoms with Crippen LogP contribution in [-0.4, -0.2) is 11.1 Å². The van der Waals surface area contributed by atoms with Crippen LogP contribution in [0.25, 0.3) is 0 Å². The van der Waals surface area contributed by atoms with Gasteiger partial charge in [-0.25, -0.2) is 0 Å². The van der Waals surface area contributed by atoms with Crippen molar-refractivity contribution >= 4 is 43.2 Å². The first-order chi connectivity index (χ1) is 2.80. The van der Waals surface area contributed by atoms with Crippen molar-refractivity contribution in [1.82, 2.24) is 0 Å². The molecule has 1 N–H and O–H groups in total. The van der Waals surface area contributed by atoms with Gasteiger partial charge in [0.2, 0.25) is 0 Å². The Morgan fingerprint density at radius 2 is 1.56 bits per heavy atom. The Labute approximate surface area is 72.2 Å². The largest absolute Gasteiger partial charge is 0.481 e. The zero-order valence-electron chi connectivity index (χ0n) is 4.57. The van der Waals surface area contributed by atoms with Gasteiger partial charge in [-0.2, -0.15) is 0 Å². The second-order valence-electron chi connectivity index (χ2n) is 1.61. The van der Waals surface area contributed by atoms with E-state index in [0.717, 1.165) is 12.8 Å². The van der Waals surface area contributed by atoms with Crippen molar-refractivity contribution in [2.24, 2.45) is 5.92 Å². The summed E-state index contributed by atoms with van der Waals surface area (Å²) >= 11 is 0. The molecule has 1 rings (SSSR count). The van der Waals surface area contributed by atoms with E-state index in [0.29, 0.717) is 0 Å². The first-order valence-electron chi connectivity index (χ1n) is 2.03. The molecule has 0 unspecified atom stereocenters. The summed E-state index contributed by atoms with van der Waals surface area (Å²) in [5, 5.41) is 8.05. The highest BCUT2D eigenvalue weighted by molar-refractivity contribution is 5.86. The monoisotopic (exact) mass is 194 g/mol. The molecular formula is C4H9Cl3O2. The molecule has 0 amide bonds. The van der Waals surface area contributed by atoms with E-state index in [2.05, 4.69) is 0 Å². The van der Waals surface area contributed by atoms with Crippen molar-refractivity contribution in [3.05, 3.63) is 0 Å². The van der Waals surface area contributed by atoms with Gasteiger partial charge in [0.15, 0.2) is 0 Å². The van der Waals surface area contributed by atoms with Crippen molar-refractivity contribution in [1.29, 1.82) is 0 Å². The van der Waals surface area contributed by atoms with Gasteiger partial charge in [-0.3, -0.25) is 4.79 Å². The molecule has 1 aliphatic rings. The SMILES string of the molecule is Cl.Cl.Cl.O=C(O)C1CC1. The smallest absolute Gasteiger partial charge is 0.306 e. The van der Waals surface area contributed by atoms with E-state index in [1.54, 1.807) is 0 Å². The summed E-state index contributed by atoms with van der Waals surface area (Å²) < 4.78 is 0. The van der Waals surface area contributed by atoms with Gasteiger partial charge in [-0.1, -0.05) is 0 Å². The molecule has 0 heterocycles. The van der Waals surface area contributed by atoms with Crippen LogP contribution in [0.3, 0.4) is 0 Å². The molecule has 0 radical (unpaired) electrons. The molecule has 0 aliphatic heterocycles. The molecule has 0 spiro atoms. The number of rotatable bonds is 1. The van der Waals surface area contributed by atoms with Crippen LogP contribution in [0.5, 0.6) is 0 Å². The van der Waals surface area contributed by atoms with Gasteiger partial charge in [0.05, 0.1) is 5.92 Å². The fourth-order valence-electron chi connectivity index (χ4n) is 0.330. The van der Waals surface area contributed by atoms with Crippen molar-refractivity contribution in [2.45, 2.75) is 12.8 Å². The van der Waals surface area contributed by atoms with Crippen molar-refractivity contribution in [3.8, 4) is 0 Å². The Morgan fingerprint density at radius 3 is 1.56 bits per heavy atom. The van der Waals surface area contributed by atoms with E-state index in [-0.39, 0.29) is 43.1 Å². The first-order valence-corrected chi connectivity index (χ1v) is 2.03. The average Bonchev–Trinajstić information content (AvgIpc) is 2.06. The fourth-order valence-corrected chi connectivity index (χ4v) is 0.330. The molecule has 2 nitrogen and oxygen atoms in total. The van der Waals surface area contributed by atoms with Crippen LogP contribution < -0.4 is 0 Å². The number of carboxylic acid groups (broad SMARTS) is 1. The quantitative estimate of drug-likeness (QED) is 0.692. The predicted molar refractivity (Wildman–Crippen MR) is 42.1 cm³/mol. The van der Waals surface area contributed by atoms with Crippen LogP contribution in [-0.2, 0) is 4.79 Å². The van der Waals surface area contributed by atoms with E-state index in [9.17, 15) is 4.79 Å². The maximum absolute atomic E-state index is 9.76. The zero-order valence-corrected chi connectivity index (χ0v) is 7.02. The van der Waals surface area contributed by atoms with E-state index >= 15 is 0 Å². The third-order valence-electron chi connectivity index (χ3n) is 0.927. The molecule has 0 aromatic carbocycles. The lowest BCUT2D eigenvalue weighted by molar-refractivity contribution is -0.138.